The Labute approximate surface area is 169 Å². The Morgan fingerprint density at radius 3 is 2.54 bits per heavy atom. The van der Waals surface area contributed by atoms with Crippen LogP contribution < -0.4 is 21.1 Å². The van der Waals surface area contributed by atoms with Crippen LogP contribution in [-0.2, 0) is 6.42 Å². The molecule has 3 N–H and O–H groups in total. The van der Waals surface area contributed by atoms with Crippen molar-refractivity contribution in [2.24, 2.45) is 0 Å². The third-order valence-corrected chi connectivity index (χ3v) is 4.39. The highest BCUT2D eigenvalue weighted by molar-refractivity contribution is 7.80. The molecule has 0 fully saturated rings. The van der Waals surface area contributed by atoms with Crippen LogP contribution in [0.15, 0.2) is 36.4 Å². The van der Waals surface area contributed by atoms with Gasteiger partial charge in [0, 0.05) is 37.6 Å². The molecule has 8 nitrogen and oxygen atoms in total. The summed E-state index contributed by atoms with van der Waals surface area (Å²) in [6, 6.07) is 10.1. The number of hydrogen-bond acceptors (Lipinski definition) is 5. The summed E-state index contributed by atoms with van der Waals surface area (Å²) in [6.07, 6.45) is 0.832. The fourth-order valence-electron chi connectivity index (χ4n) is 2.74. The maximum absolute atomic E-state index is 12.6. The Balaban J connectivity index is 2.13. The minimum atomic E-state index is -0.541. The Morgan fingerprint density at radius 1 is 1.21 bits per heavy atom. The lowest BCUT2D eigenvalue weighted by molar-refractivity contribution is -0.384. The third kappa shape index (κ3) is 4.95. The molecule has 2 rings (SSSR count). The maximum atomic E-state index is 12.6. The summed E-state index contributed by atoms with van der Waals surface area (Å²) in [4.78, 5) is 24.8. The van der Waals surface area contributed by atoms with Crippen LogP contribution in [0.2, 0.25) is 0 Å². The molecule has 0 atom stereocenters. The second-order valence-corrected chi connectivity index (χ2v) is 6.76. The number of non-ortho nitro benzene ring substituents is 1. The van der Waals surface area contributed by atoms with Gasteiger partial charge in [-0.05, 0) is 42.8 Å². The number of carbonyl (C=O) groups is 1. The zero-order valence-electron chi connectivity index (χ0n) is 16.2. The van der Waals surface area contributed by atoms with Crippen LogP contribution in [-0.4, -0.2) is 30.0 Å². The van der Waals surface area contributed by atoms with Crippen molar-refractivity contribution in [3.8, 4) is 0 Å². The van der Waals surface area contributed by atoms with Crippen molar-refractivity contribution < 1.29 is 9.72 Å². The number of nitro benzene ring substituents is 1. The van der Waals surface area contributed by atoms with Crippen molar-refractivity contribution in [2.45, 2.75) is 20.3 Å². The van der Waals surface area contributed by atoms with Crippen molar-refractivity contribution in [3.05, 3.63) is 63.2 Å². The zero-order chi connectivity index (χ0) is 20.8. The summed E-state index contributed by atoms with van der Waals surface area (Å²) >= 11 is 5.27. The van der Waals surface area contributed by atoms with Gasteiger partial charge in [0.05, 0.1) is 10.5 Å². The number of para-hydroxylation sites is 1. The van der Waals surface area contributed by atoms with E-state index >= 15 is 0 Å². The van der Waals surface area contributed by atoms with E-state index in [1.54, 1.807) is 19.0 Å². The van der Waals surface area contributed by atoms with Crippen molar-refractivity contribution >= 4 is 40.3 Å². The van der Waals surface area contributed by atoms with Gasteiger partial charge < -0.3 is 10.2 Å². The minimum absolute atomic E-state index is 0.163. The molecule has 0 saturated heterocycles. The van der Waals surface area contributed by atoms with Crippen molar-refractivity contribution in [3.63, 3.8) is 0 Å². The fourth-order valence-corrected chi connectivity index (χ4v) is 2.89. The SMILES string of the molecule is CCc1cccc(C)c1NC(=S)NNC(=O)c1cc([N+](=O)[O-])ccc1N(C)C. The summed E-state index contributed by atoms with van der Waals surface area (Å²) in [5, 5.41) is 14.3. The molecule has 2 aromatic carbocycles. The van der Waals surface area contributed by atoms with Gasteiger partial charge >= 0.3 is 0 Å². The number of anilines is 2. The maximum Gasteiger partial charge on any atom is 0.272 e. The minimum Gasteiger partial charge on any atom is -0.377 e. The monoisotopic (exact) mass is 401 g/mol. The van der Waals surface area contributed by atoms with Crippen molar-refractivity contribution in [1.82, 2.24) is 10.9 Å². The highest BCUT2D eigenvalue weighted by Crippen LogP contribution is 2.24. The van der Waals surface area contributed by atoms with E-state index in [0.29, 0.717) is 5.69 Å². The number of rotatable bonds is 5. The summed E-state index contributed by atoms with van der Waals surface area (Å²) < 4.78 is 0. The Kier molecular flexibility index (Phi) is 6.89. The Hall–Kier alpha value is -3.20. The van der Waals surface area contributed by atoms with E-state index in [4.69, 9.17) is 12.2 Å². The van der Waals surface area contributed by atoms with E-state index in [0.717, 1.165) is 23.2 Å². The lowest BCUT2D eigenvalue weighted by Crippen LogP contribution is -2.44. The highest BCUT2D eigenvalue weighted by atomic mass is 32.1. The molecular weight excluding hydrogens is 378 g/mol. The fraction of sp³-hybridized carbons (Fsp3) is 0.263. The molecule has 2 aromatic rings. The third-order valence-electron chi connectivity index (χ3n) is 4.19. The van der Waals surface area contributed by atoms with Gasteiger partial charge in [-0.1, -0.05) is 25.1 Å². The molecule has 0 spiro atoms. The van der Waals surface area contributed by atoms with Gasteiger partial charge in [-0.25, -0.2) is 0 Å². The number of nitrogens with zero attached hydrogens (tertiary/aromatic N) is 2. The van der Waals surface area contributed by atoms with E-state index in [1.165, 1.54) is 18.2 Å². The Morgan fingerprint density at radius 2 is 1.93 bits per heavy atom. The van der Waals surface area contributed by atoms with E-state index < -0.39 is 10.8 Å². The molecule has 0 aliphatic carbocycles. The molecule has 9 heteroatoms. The van der Waals surface area contributed by atoms with Crippen LogP contribution in [0.5, 0.6) is 0 Å². The van der Waals surface area contributed by atoms with Crippen LogP contribution in [0.4, 0.5) is 17.1 Å². The molecule has 28 heavy (non-hydrogen) atoms. The van der Waals surface area contributed by atoms with E-state index in [1.807, 2.05) is 32.0 Å². The lowest BCUT2D eigenvalue weighted by atomic mass is 10.1. The number of benzene rings is 2. The highest BCUT2D eigenvalue weighted by Gasteiger charge is 2.18. The first-order chi connectivity index (χ1) is 13.2. The van der Waals surface area contributed by atoms with Gasteiger partial charge in [0.1, 0.15) is 0 Å². The number of amides is 1. The predicted molar refractivity (Wildman–Crippen MR) is 115 cm³/mol. The number of nitrogens with one attached hydrogen (secondary N) is 3. The largest absolute Gasteiger partial charge is 0.377 e. The van der Waals surface area contributed by atoms with Gasteiger partial charge in [0.25, 0.3) is 11.6 Å². The van der Waals surface area contributed by atoms with E-state index in [9.17, 15) is 14.9 Å². The number of aryl methyl sites for hydroxylation is 2. The van der Waals surface area contributed by atoms with Gasteiger partial charge in [-0.3, -0.25) is 25.8 Å². The first-order valence-electron chi connectivity index (χ1n) is 8.66. The molecule has 0 aliphatic rings. The molecule has 0 bridgehead atoms. The summed E-state index contributed by atoms with van der Waals surface area (Å²) in [6.45, 7) is 4.01. The molecule has 0 aromatic heterocycles. The number of carbonyl (C=O) groups excluding carboxylic acids is 1. The molecule has 0 radical (unpaired) electrons. The number of hydrazine groups is 1. The van der Waals surface area contributed by atoms with Gasteiger partial charge in [-0.2, -0.15) is 0 Å². The van der Waals surface area contributed by atoms with Gasteiger partial charge in [-0.15, -0.1) is 0 Å². The molecular formula is C19H23N5O3S. The smallest absolute Gasteiger partial charge is 0.272 e. The van der Waals surface area contributed by atoms with Crippen molar-refractivity contribution in [1.29, 1.82) is 0 Å². The molecule has 0 saturated carbocycles. The van der Waals surface area contributed by atoms with Crippen molar-refractivity contribution in [2.75, 3.05) is 24.3 Å². The van der Waals surface area contributed by atoms with Crippen LogP contribution in [0.25, 0.3) is 0 Å². The van der Waals surface area contributed by atoms with Crippen LogP contribution in [0, 0.1) is 17.0 Å². The predicted octanol–water partition coefficient (Wildman–Crippen LogP) is 3.16. The first-order valence-corrected chi connectivity index (χ1v) is 9.07. The van der Waals surface area contributed by atoms with E-state index in [2.05, 4.69) is 16.2 Å². The molecule has 0 aliphatic heterocycles. The zero-order valence-corrected chi connectivity index (χ0v) is 17.0. The first kappa shape index (κ1) is 21.1. The number of thiocarbonyl (C=S) groups is 1. The molecule has 148 valence electrons. The standard InChI is InChI=1S/C19H23N5O3S/c1-5-13-8-6-7-12(2)17(13)20-19(28)22-21-18(25)15-11-14(24(26)27)9-10-16(15)23(3)4/h6-11H,5H2,1-4H3,(H,21,25)(H2,20,22,28). The normalized spacial score (nSPS) is 10.1. The average molecular weight is 401 g/mol. The quantitative estimate of drug-likeness (QED) is 0.402. The summed E-state index contributed by atoms with van der Waals surface area (Å²) in [5.41, 5.74) is 8.73. The summed E-state index contributed by atoms with van der Waals surface area (Å²) in [7, 11) is 3.50. The number of hydrogen-bond donors (Lipinski definition) is 3. The number of nitro groups is 1. The second kappa shape index (κ2) is 9.14. The Bertz CT molecular complexity index is 914. The van der Waals surface area contributed by atoms with Crippen LogP contribution >= 0.6 is 12.2 Å². The lowest BCUT2D eigenvalue weighted by Gasteiger charge is -2.18. The summed E-state index contributed by atoms with van der Waals surface area (Å²) in [5.74, 6) is -0.531. The van der Waals surface area contributed by atoms with Crippen LogP contribution in [0.1, 0.15) is 28.4 Å². The average Bonchev–Trinajstić information content (AvgIpc) is 2.66. The molecule has 0 heterocycles. The molecule has 0 unspecified atom stereocenters. The second-order valence-electron chi connectivity index (χ2n) is 6.35. The van der Waals surface area contributed by atoms with Gasteiger partial charge in [0.15, 0.2) is 5.11 Å². The topological polar surface area (TPSA) is 99.5 Å². The van der Waals surface area contributed by atoms with Crippen LogP contribution in [0.3, 0.4) is 0 Å². The van der Waals surface area contributed by atoms with E-state index in [-0.39, 0.29) is 16.4 Å². The molecule has 1 amide bonds. The van der Waals surface area contributed by atoms with Gasteiger partial charge in [0.2, 0.25) is 0 Å².